The molecule has 2 nitrogen and oxygen atoms in total. The maximum atomic E-state index is 4.42. The van der Waals surface area contributed by atoms with Gasteiger partial charge in [-0.15, -0.1) is 11.3 Å². The summed E-state index contributed by atoms with van der Waals surface area (Å²) in [6.45, 7) is 4.37. The van der Waals surface area contributed by atoms with Crippen LogP contribution in [0.5, 0.6) is 0 Å². The number of thiazole rings is 1. The van der Waals surface area contributed by atoms with Crippen molar-refractivity contribution in [3.05, 3.63) is 23.5 Å². The Labute approximate surface area is 81.7 Å². The molecule has 0 saturated carbocycles. The highest BCUT2D eigenvalue weighted by Crippen LogP contribution is 2.22. The summed E-state index contributed by atoms with van der Waals surface area (Å²) in [5, 5.41) is 0. The van der Waals surface area contributed by atoms with Gasteiger partial charge in [0, 0.05) is 11.9 Å². The molecule has 0 saturated heterocycles. The minimum Gasteiger partial charge on any atom is -0.259 e. The number of hydrogen-bond donors (Lipinski definition) is 0. The summed E-state index contributed by atoms with van der Waals surface area (Å²) in [6.07, 6.45) is 3.05. The lowest BCUT2D eigenvalue weighted by Crippen LogP contribution is -1.94. The molecule has 1 atom stereocenters. The van der Waals surface area contributed by atoms with Gasteiger partial charge >= 0.3 is 0 Å². The van der Waals surface area contributed by atoms with Crippen molar-refractivity contribution in [1.82, 2.24) is 9.97 Å². The van der Waals surface area contributed by atoms with Crippen LogP contribution in [0, 0.1) is 0 Å². The van der Waals surface area contributed by atoms with Crippen LogP contribution in [0.1, 0.15) is 31.9 Å². The Balaban J connectivity index is 2.48. The second-order valence-electron chi connectivity index (χ2n) is 3.24. The van der Waals surface area contributed by atoms with Gasteiger partial charge < -0.3 is 0 Å². The number of rotatable bonds is 2. The lowest BCUT2D eigenvalue weighted by Gasteiger charge is -2.06. The fourth-order valence-electron chi connectivity index (χ4n) is 1.26. The molecule has 1 unspecified atom stereocenters. The molecule has 2 aromatic rings. The van der Waals surface area contributed by atoms with Gasteiger partial charge in [0.05, 0.1) is 15.7 Å². The summed E-state index contributed by atoms with van der Waals surface area (Å²) >= 11 is 1.64. The predicted molar refractivity (Wildman–Crippen MR) is 56.1 cm³/mol. The van der Waals surface area contributed by atoms with Gasteiger partial charge in [-0.1, -0.05) is 13.8 Å². The Morgan fingerprint density at radius 1 is 1.46 bits per heavy atom. The van der Waals surface area contributed by atoms with Crippen LogP contribution in [0.3, 0.4) is 0 Å². The van der Waals surface area contributed by atoms with Crippen LogP contribution in [0.25, 0.3) is 10.2 Å². The van der Waals surface area contributed by atoms with Gasteiger partial charge in [-0.25, -0.2) is 4.98 Å². The first-order chi connectivity index (χ1) is 6.31. The fraction of sp³-hybridized carbons (Fsp3) is 0.400. The molecule has 2 aromatic heterocycles. The van der Waals surface area contributed by atoms with Crippen LogP contribution in [-0.4, -0.2) is 9.97 Å². The van der Waals surface area contributed by atoms with E-state index in [4.69, 9.17) is 0 Å². The monoisotopic (exact) mass is 192 g/mol. The van der Waals surface area contributed by atoms with Crippen molar-refractivity contribution in [1.29, 1.82) is 0 Å². The van der Waals surface area contributed by atoms with Crippen LogP contribution in [0.2, 0.25) is 0 Å². The van der Waals surface area contributed by atoms with Gasteiger partial charge in [-0.2, -0.15) is 0 Å². The normalized spacial score (nSPS) is 13.4. The molecule has 2 heterocycles. The van der Waals surface area contributed by atoms with Crippen LogP contribution in [-0.2, 0) is 0 Å². The first-order valence-corrected chi connectivity index (χ1v) is 5.38. The van der Waals surface area contributed by atoms with E-state index in [2.05, 4.69) is 29.9 Å². The van der Waals surface area contributed by atoms with E-state index in [0.717, 1.165) is 17.6 Å². The summed E-state index contributed by atoms with van der Waals surface area (Å²) in [5.74, 6) is 0.533. The topological polar surface area (TPSA) is 25.8 Å². The van der Waals surface area contributed by atoms with Crippen LogP contribution < -0.4 is 0 Å². The molecular weight excluding hydrogens is 180 g/mol. The maximum absolute atomic E-state index is 4.42. The zero-order valence-electron chi connectivity index (χ0n) is 7.82. The minimum atomic E-state index is 0.533. The number of nitrogens with zero attached hydrogens (tertiary/aromatic N) is 2. The van der Waals surface area contributed by atoms with Gasteiger partial charge in [-0.3, -0.25) is 4.98 Å². The second-order valence-corrected chi connectivity index (χ2v) is 4.12. The highest BCUT2D eigenvalue weighted by Gasteiger charge is 2.06. The van der Waals surface area contributed by atoms with E-state index in [9.17, 15) is 0 Å². The van der Waals surface area contributed by atoms with Crippen LogP contribution >= 0.6 is 11.3 Å². The van der Waals surface area contributed by atoms with Crippen molar-refractivity contribution >= 4 is 21.6 Å². The Morgan fingerprint density at radius 2 is 2.31 bits per heavy atom. The standard InChI is InChI=1S/C10H12N2S/c1-3-7(2)8-4-9-10(5-11-8)13-6-12-9/h4-7H,3H2,1-2H3. The number of fused-ring (bicyclic) bond motifs is 1. The summed E-state index contributed by atoms with van der Waals surface area (Å²) in [6, 6.07) is 2.10. The summed E-state index contributed by atoms with van der Waals surface area (Å²) in [5.41, 5.74) is 4.10. The lowest BCUT2D eigenvalue weighted by molar-refractivity contribution is 0.710. The summed E-state index contributed by atoms with van der Waals surface area (Å²) in [7, 11) is 0. The number of pyridine rings is 1. The Kier molecular flexibility index (Phi) is 2.27. The summed E-state index contributed by atoms with van der Waals surface area (Å²) < 4.78 is 1.17. The third-order valence-corrected chi connectivity index (χ3v) is 3.14. The molecule has 0 spiro atoms. The van der Waals surface area contributed by atoms with Crippen molar-refractivity contribution in [2.24, 2.45) is 0 Å². The molecule has 3 heteroatoms. The van der Waals surface area contributed by atoms with Crippen LogP contribution in [0.15, 0.2) is 17.8 Å². The van der Waals surface area contributed by atoms with Gasteiger partial charge in [0.25, 0.3) is 0 Å². The lowest BCUT2D eigenvalue weighted by atomic mass is 10.0. The van der Waals surface area contributed by atoms with Crippen molar-refractivity contribution in [2.45, 2.75) is 26.2 Å². The van der Waals surface area contributed by atoms with E-state index in [1.165, 1.54) is 4.70 Å². The first kappa shape index (κ1) is 8.63. The van der Waals surface area contributed by atoms with Gasteiger partial charge in [0.2, 0.25) is 0 Å². The average Bonchev–Trinajstić information content (AvgIpc) is 2.63. The molecule has 0 aromatic carbocycles. The van der Waals surface area contributed by atoms with Gasteiger partial charge in [-0.05, 0) is 18.4 Å². The fourth-order valence-corrected chi connectivity index (χ4v) is 1.88. The quantitative estimate of drug-likeness (QED) is 0.730. The average molecular weight is 192 g/mol. The van der Waals surface area contributed by atoms with Crippen molar-refractivity contribution < 1.29 is 0 Å². The van der Waals surface area contributed by atoms with E-state index in [-0.39, 0.29) is 0 Å². The zero-order chi connectivity index (χ0) is 9.26. The highest BCUT2D eigenvalue weighted by atomic mass is 32.1. The minimum absolute atomic E-state index is 0.533. The van der Waals surface area contributed by atoms with E-state index in [0.29, 0.717) is 5.92 Å². The smallest absolute Gasteiger partial charge is 0.0845 e. The van der Waals surface area contributed by atoms with E-state index in [1.807, 2.05) is 11.7 Å². The molecule has 0 N–H and O–H groups in total. The molecule has 0 aliphatic heterocycles. The Bertz CT molecular complexity index is 408. The molecule has 0 amide bonds. The molecule has 13 heavy (non-hydrogen) atoms. The SMILES string of the molecule is CCC(C)c1cc2ncsc2cn1. The van der Waals surface area contributed by atoms with E-state index < -0.39 is 0 Å². The number of aromatic nitrogens is 2. The Hall–Kier alpha value is -0.960. The van der Waals surface area contributed by atoms with Gasteiger partial charge in [0.1, 0.15) is 0 Å². The maximum Gasteiger partial charge on any atom is 0.0845 e. The van der Waals surface area contributed by atoms with Crippen molar-refractivity contribution in [3.8, 4) is 0 Å². The zero-order valence-corrected chi connectivity index (χ0v) is 8.64. The predicted octanol–water partition coefficient (Wildman–Crippen LogP) is 3.20. The largest absolute Gasteiger partial charge is 0.259 e. The molecule has 0 radical (unpaired) electrons. The van der Waals surface area contributed by atoms with Crippen molar-refractivity contribution in [3.63, 3.8) is 0 Å². The van der Waals surface area contributed by atoms with Crippen LogP contribution in [0.4, 0.5) is 0 Å². The molecule has 0 aliphatic rings. The summed E-state index contributed by atoms with van der Waals surface area (Å²) in [4.78, 5) is 8.69. The highest BCUT2D eigenvalue weighted by molar-refractivity contribution is 7.16. The second kappa shape index (κ2) is 3.42. The van der Waals surface area contributed by atoms with Crippen molar-refractivity contribution in [2.75, 3.05) is 0 Å². The molecule has 0 aliphatic carbocycles. The molecule has 0 bridgehead atoms. The molecular formula is C10H12N2S. The first-order valence-electron chi connectivity index (χ1n) is 4.50. The molecule has 0 fully saturated rings. The molecule has 2 rings (SSSR count). The third kappa shape index (κ3) is 1.56. The third-order valence-electron chi connectivity index (χ3n) is 2.36. The van der Waals surface area contributed by atoms with E-state index in [1.54, 1.807) is 11.3 Å². The van der Waals surface area contributed by atoms with E-state index >= 15 is 0 Å². The molecule has 68 valence electrons. The van der Waals surface area contributed by atoms with Gasteiger partial charge in [0.15, 0.2) is 0 Å². The number of hydrogen-bond acceptors (Lipinski definition) is 3. The Morgan fingerprint density at radius 3 is 3.08 bits per heavy atom.